The fraction of sp³-hybridized carbons (Fsp3) is 0.333. The number of aryl methyl sites for hydroxylation is 1. The summed E-state index contributed by atoms with van der Waals surface area (Å²) in [5.41, 5.74) is 0. The maximum absolute atomic E-state index is 9.75. The average Bonchev–Trinajstić information content (AvgIpc) is 2.31. The summed E-state index contributed by atoms with van der Waals surface area (Å²) in [6.45, 7) is 2.69. The Hall–Kier alpha value is -0.900. The number of hydrogen-bond acceptors (Lipinski definition) is 4. The quantitative estimate of drug-likeness (QED) is 0.617. The van der Waals surface area contributed by atoms with Gasteiger partial charge in [0.1, 0.15) is 6.61 Å². The molecule has 0 aliphatic heterocycles. The molecule has 54 valence electrons. The maximum atomic E-state index is 9.75. The van der Waals surface area contributed by atoms with Crippen LogP contribution in [0.1, 0.15) is 9.88 Å². The van der Waals surface area contributed by atoms with Crippen LogP contribution in [-0.2, 0) is 16.1 Å². The Morgan fingerprint density at radius 2 is 2.70 bits per heavy atom. The molecule has 1 rings (SSSR count). The molecule has 0 aliphatic rings. The zero-order chi connectivity index (χ0) is 7.40. The van der Waals surface area contributed by atoms with Crippen molar-refractivity contribution in [2.75, 3.05) is 0 Å². The van der Waals surface area contributed by atoms with E-state index in [9.17, 15) is 4.79 Å². The number of aromatic nitrogens is 1. The smallest absolute Gasteiger partial charge is 0.293 e. The van der Waals surface area contributed by atoms with E-state index in [0.717, 1.165) is 9.88 Å². The van der Waals surface area contributed by atoms with Crippen molar-refractivity contribution in [3.05, 3.63) is 16.1 Å². The van der Waals surface area contributed by atoms with Gasteiger partial charge in [-0.15, -0.1) is 11.3 Å². The lowest BCUT2D eigenvalue weighted by Gasteiger charge is -1.89. The van der Waals surface area contributed by atoms with Crippen LogP contribution in [0.15, 0.2) is 6.20 Å². The van der Waals surface area contributed by atoms with E-state index in [0.29, 0.717) is 13.1 Å². The monoisotopic (exact) mass is 157 g/mol. The highest BCUT2D eigenvalue weighted by molar-refractivity contribution is 7.11. The first-order valence-corrected chi connectivity index (χ1v) is 3.61. The Labute approximate surface area is 62.7 Å². The zero-order valence-electron chi connectivity index (χ0n) is 5.53. The van der Waals surface area contributed by atoms with Crippen LogP contribution in [0, 0.1) is 6.92 Å². The first-order chi connectivity index (χ1) is 4.83. The molecule has 4 heteroatoms. The minimum Gasteiger partial charge on any atom is -0.462 e. The molecule has 0 atom stereocenters. The van der Waals surface area contributed by atoms with Crippen LogP contribution in [0.3, 0.4) is 0 Å². The summed E-state index contributed by atoms with van der Waals surface area (Å²) >= 11 is 1.53. The summed E-state index contributed by atoms with van der Waals surface area (Å²) in [7, 11) is 0. The molecule has 0 aromatic carbocycles. The standard InChI is InChI=1S/C6H7NO2S/c1-5-7-2-6(10-5)3-9-4-8/h2,4H,3H2,1H3. The van der Waals surface area contributed by atoms with E-state index in [4.69, 9.17) is 0 Å². The van der Waals surface area contributed by atoms with Gasteiger partial charge in [0.2, 0.25) is 0 Å². The van der Waals surface area contributed by atoms with Crippen LogP contribution in [-0.4, -0.2) is 11.5 Å². The molecule has 1 aromatic heterocycles. The predicted molar refractivity (Wildman–Crippen MR) is 37.7 cm³/mol. The van der Waals surface area contributed by atoms with Gasteiger partial charge >= 0.3 is 0 Å². The Balaban J connectivity index is 2.49. The van der Waals surface area contributed by atoms with E-state index in [1.165, 1.54) is 11.3 Å². The van der Waals surface area contributed by atoms with Crippen molar-refractivity contribution in [2.24, 2.45) is 0 Å². The van der Waals surface area contributed by atoms with Crippen molar-refractivity contribution in [1.82, 2.24) is 4.98 Å². The number of ether oxygens (including phenoxy) is 1. The lowest BCUT2D eigenvalue weighted by Crippen LogP contribution is -1.84. The van der Waals surface area contributed by atoms with Gasteiger partial charge < -0.3 is 4.74 Å². The van der Waals surface area contributed by atoms with E-state index in [-0.39, 0.29) is 0 Å². The fourth-order valence-electron chi connectivity index (χ4n) is 0.588. The number of hydrogen-bond donors (Lipinski definition) is 0. The average molecular weight is 157 g/mol. The van der Waals surface area contributed by atoms with Crippen LogP contribution in [0.4, 0.5) is 0 Å². The summed E-state index contributed by atoms with van der Waals surface area (Å²) < 4.78 is 4.52. The summed E-state index contributed by atoms with van der Waals surface area (Å²) in [5, 5.41) is 0.990. The summed E-state index contributed by atoms with van der Waals surface area (Å²) in [6.07, 6.45) is 1.71. The number of carbonyl (C=O) groups excluding carboxylic acids is 1. The van der Waals surface area contributed by atoms with Crippen LogP contribution in [0.25, 0.3) is 0 Å². The fourth-order valence-corrected chi connectivity index (χ4v) is 1.31. The lowest BCUT2D eigenvalue weighted by atomic mass is 10.6. The molecule has 0 radical (unpaired) electrons. The normalized spacial score (nSPS) is 9.30. The predicted octanol–water partition coefficient (Wildman–Crippen LogP) is 1.12. The largest absolute Gasteiger partial charge is 0.462 e. The molecule has 10 heavy (non-hydrogen) atoms. The Kier molecular flexibility index (Phi) is 2.39. The lowest BCUT2D eigenvalue weighted by molar-refractivity contribution is -0.129. The first-order valence-electron chi connectivity index (χ1n) is 2.79. The molecular weight excluding hydrogens is 150 g/mol. The summed E-state index contributed by atoms with van der Waals surface area (Å²) in [5.74, 6) is 0. The van der Waals surface area contributed by atoms with E-state index < -0.39 is 0 Å². The number of carbonyl (C=O) groups is 1. The van der Waals surface area contributed by atoms with Crippen LogP contribution < -0.4 is 0 Å². The Bertz CT molecular complexity index is 221. The highest BCUT2D eigenvalue weighted by Gasteiger charge is 1.95. The van der Waals surface area contributed by atoms with Gasteiger partial charge in [-0.25, -0.2) is 4.98 Å². The van der Waals surface area contributed by atoms with Gasteiger partial charge in [0.25, 0.3) is 6.47 Å². The molecule has 0 unspecified atom stereocenters. The van der Waals surface area contributed by atoms with Crippen LogP contribution >= 0.6 is 11.3 Å². The van der Waals surface area contributed by atoms with Gasteiger partial charge in [0.15, 0.2) is 0 Å². The highest BCUT2D eigenvalue weighted by Crippen LogP contribution is 2.11. The molecule has 3 nitrogen and oxygen atoms in total. The highest BCUT2D eigenvalue weighted by atomic mass is 32.1. The molecule has 1 aromatic rings. The maximum Gasteiger partial charge on any atom is 0.293 e. The van der Waals surface area contributed by atoms with Crippen molar-refractivity contribution in [2.45, 2.75) is 13.5 Å². The topological polar surface area (TPSA) is 39.2 Å². The molecule has 1 heterocycles. The molecule has 0 N–H and O–H groups in total. The minimum absolute atomic E-state index is 0.342. The first kappa shape index (κ1) is 7.21. The van der Waals surface area contributed by atoms with Crippen molar-refractivity contribution in [1.29, 1.82) is 0 Å². The molecule has 0 fully saturated rings. The number of nitrogens with zero attached hydrogens (tertiary/aromatic N) is 1. The Morgan fingerprint density at radius 1 is 1.90 bits per heavy atom. The molecular formula is C6H7NO2S. The second-order valence-electron chi connectivity index (χ2n) is 1.75. The van der Waals surface area contributed by atoms with Gasteiger partial charge in [-0.3, -0.25) is 4.79 Å². The van der Waals surface area contributed by atoms with E-state index >= 15 is 0 Å². The van der Waals surface area contributed by atoms with Gasteiger partial charge in [0, 0.05) is 6.20 Å². The molecule has 0 aliphatic carbocycles. The van der Waals surface area contributed by atoms with Gasteiger partial charge in [-0.1, -0.05) is 0 Å². The van der Waals surface area contributed by atoms with E-state index in [2.05, 4.69) is 9.72 Å². The van der Waals surface area contributed by atoms with Gasteiger partial charge in [-0.05, 0) is 6.92 Å². The second kappa shape index (κ2) is 3.31. The third-order valence-corrected chi connectivity index (χ3v) is 1.85. The third-order valence-electron chi connectivity index (χ3n) is 0.963. The molecule has 0 bridgehead atoms. The van der Waals surface area contributed by atoms with Crippen LogP contribution in [0.2, 0.25) is 0 Å². The zero-order valence-corrected chi connectivity index (χ0v) is 6.35. The minimum atomic E-state index is 0.342. The van der Waals surface area contributed by atoms with Crippen molar-refractivity contribution in [3.8, 4) is 0 Å². The van der Waals surface area contributed by atoms with E-state index in [1.807, 2.05) is 6.92 Å². The van der Waals surface area contributed by atoms with E-state index in [1.54, 1.807) is 6.20 Å². The van der Waals surface area contributed by atoms with Crippen LogP contribution in [0.5, 0.6) is 0 Å². The molecule has 0 saturated carbocycles. The van der Waals surface area contributed by atoms with Gasteiger partial charge in [-0.2, -0.15) is 0 Å². The molecule has 0 amide bonds. The SMILES string of the molecule is Cc1ncc(COC=O)s1. The number of thiazole rings is 1. The number of rotatable bonds is 3. The summed E-state index contributed by atoms with van der Waals surface area (Å²) in [6, 6.07) is 0. The van der Waals surface area contributed by atoms with Crippen molar-refractivity contribution >= 4 is 17.8 Å². The molecule has 0 saturated heterocycles. The van der Waals surface area contributed by atoms with Crippen molar-refractivity contribution < 1.29 is 9.53 Å². The molecule has 0 spiro atoms. The third kappa shape index (κ3) is 1.80. The van der Waals surface area contributed by atoms with Crippen molar-refractivity contribution in [3.63, 3.8) is 0 Å². The summed E-state index contributed by atoms with van der Waals surface area (Å²) in [4.78, 5) is 14.7. The van der Waals surface area contributed by atoms with Gasteiger partial charge in [0.05, 0.1) is 9.88 Å². The second-order valence-corrected chi connectivity index (χ2v) is 3.07. The Morgan fingerprint density at radius 3 is 3.20 bits per heavy atom.